The van der Waals surface area contributed by atoms with Gasteiger partial charge in [0.15, 0.2) is 5.82 Å². The summed E-state index contributed by atoms with van der Waals surface area (Å²) in [5, 5.41) is 10.9. The maximum Gasteiger partial charge on any atom is 0.312 e. The van der Waals surface area contributed by atoms with Crippen molar-refractivity contribution in [3.05, 3.63) is 17.8 Å². The highest BCUT2D eigenvalue weighted by atomic mass is 16.6. The van der Waals surface area contributed by atoms with Gasteiger partial charge in [0.25, 0.3) is 0 Å². The Morgan fingerprint density at radius 3 is 2.25 bits per heavy atom. The number of imide groups is 1. The molecule has 0 radical (unpaired) electrons. The highest BCUT2D eigenvalue weighted by molar-refractivity contribution is 6.00. The maximum absolute atomic E-state index is 13.2. The summed E-state index contributed by atoms with van der Waals surface area (Å²) in [7, 11) is 0. The van der Waals surface area contributed by atoms with E-state index in [9.17, 15) is 19.2 Å². The van der Waals surface area contributed by atoms with Gasteiger partial charge in [0.2, 0.25) is 17.7 Å². The number of nitrogens with one attached hydrogen (secondary N) is 1. The van der Waals surface area contributed by atoms with Crippen molar-refractivity contribution in [1.82, 2.24) is 20.4 Å². The lowest BCUT2D eigenvalue weighted by atomic mass is 9.79. The quantitative estimate of drug-likeness (QED) is 0.494. The second-order valence-corrected chi connectivity index (χ2v) is 11.5. The molecule has 10 nitrogen and oxygen atoms in total. The molecule has 3 saturated heterocycles. The second-order valence-electron chi connectivity index (χ2n) is 11.5. The molecule has 4 heterocycles. The van der Waals surface area contributed by atoms with E-state index in [1.165, 1.54) is 0 Å². The molecule has 1 atom stereocenters. The minimum Gasteiger partial charge on any atom is -0.460 e. The van der Waals surface area contributed by atoms with Gasteiger partial charge in [-0.1, -0.05) is 0 Å². The number of anilines is 1. The lowest BCUT2D eigenvalue weighted by Crippen LogP contribution is -2.49. The number of carbonyl (C=O) groups is 4. The molecule has 0 aliphatic carbocycles. The van der Waals surface area contributed by atoms with E-state index in [2.05, 4.69) is 20.4 Å². The Hall–Kier alpha value is -3.04. The van der Waals surface area contributed by atoms with Gasteiger partial charge < -0.3 is 14.5 Å². The van der Waals surface area contributed by atoms with E-state index in [-0.39, 0.29) is 29.6 Å². The Morgan fingerprint density at radius 1 is 1.03 bits per heavy atom. The molecule has 36 heavy (non-hydrogen) atoms. The average molecular weight is 500 g/mol. The first-order valence-corrected chi connectivity index (χ1v) is 12.9. The van der Waals surface area contributed by atoms with Crippen molar-refractivity contribution in [2.45, 2.75) is 77.7 Å². The summed E-state index contributed by atoms with van der Waals surface area (Å²) >= 11 is 0. The minimum absolute atomic E-state index is 0.0390. The van der Waals surface area contributed by atoms with Gasteiger partial charge in [-0.05, 0) is 71.9 Å². The van der Waals surface area contributed by atoms with E-state index in [1.54, 1.807) is 6.07 Å². The number of rotatable bonds is 4. The Bertz CT molecular complexity index is 1000. The molecular weight excluding hydrogens is 462 g/mol. The molecule has 1 aromatic rings. The zero-order valence-corrected chi connectivity index (χ0v) is 21.7. The summed E-state index contributed by atoms with van der Waals surface area (Å²) in [5.74, 6) is -0.350. The molecule has 0 aromatic carbocycles. The van der Waals surface area contributed by atoms with Crippen LogP contribution < -0.4 is 10.2 Å². The minimum atomic E-state index is -0.550. The molecule has 0 saturated carbocycles. The number of esters is 1. The lowest BCUT2D eigenvalue weighted by molar-refractivity contribution is -0.170. The zero-order valence-electron chi connectivity index (χ0n) is 21.7. The molecule has 0 bridgehead atoms. The van der Waals surface area contributed by atoms with Crippen molar-refractivity contribution in [2.24, 2.45) is 11.3 Å². The SMILES string of the molecule is CC(C)(C)OC(=O)C1(C)CCN(C(=O)C2CCN(c3ccc(C4CCC(=O)NC4=O)nn3)CC2)CC1. The van der Waals surface area contributed by atoms with Crippen LogP contribution in [-0.2, 0) is 23.9 Å². The number of hydrogen-bond donors (Lipinski definition) is 1. The standard InChI is InChI=1S/C26H37N5O5/c1-25(2,3)36-24(35)26(4)11-15-31(16-12-26)23(34)17-9-13-30(14-10-17)20-7-6-19(28-29-20)18-5-8-21(32)27-22(18)33/h6-7,17-18H,5,8-16H2,1-4H3,(H,27,32,33). The highest BCUT2D eigenvalue weighted by Gasteiger charge is 2.42. The predicted molar refractivity (Wildman–Crippen MR) is 132 cm³/mol. The first kappa shape index (κ1) is 26.0. The van der Waals surface area contributed by atoms with Crippen molar-refractivity contribution in [1.29, 1.82) is 0 Å². The summed E-state index contributed by atoms with van der Waals surface area (Å²) < 4.78 is 5.61. The molecule has 3 aliphatic heterocycles. The van der Waals surface area contributed by atoms with Gasteiger partial charge in [0.1, 0.15) is 5.60 Å². The van der Waals surface area contributed by atoms with E-state index >= 15 is 0 Å². The Labute approximate surface area is 212 Å². The van der Waals surface area contributed by atoms with Crippen molar-refractivity contribution in [2.75, 3.05) is 31.1 Å². The maximum atomic E-state index is 13.2. The van der Waals surface area contributed by atoms with Gasteiger partial charge >= 0.3 is 5.97 Å². The van der Waals surface area contributed by atoms with Crippen LogP contribution in [-0.4, -0.2) is 70.6 Å². The number of hydrogen-bond acceptors (Lipinski definition) is 8. The number of nitrogens with zero attached hydrogens (tertiary/aromatic N) is 4. The van der Waals surface area contributed by atoms with E-state index in [1.807, 2.05) is 38.7 Å². The van der Waals surface area contributed by atoms with Crippen LogP contribution in [0.25, 0.3) is 0 Å². The summed E-state index contributed by atoms with van der Waals surface area (Å²) in [4.78, 5) is 53.3. The fourth-order valence-electron chi connectivity index (χ4n) is 5.11. The van der Waals surface area contributed by atoms with Crippen molar-refractivity contribution in [3.8, 4) is 0 Å². The molecule has 4 rings (SSSR count). The van der Waals surface area contributed by atoms with E-state index in [0.29, 0.717) is 57.6 Å². The third kappa shape index (κ3) is 5.84. The third-order valence-corrected chi connectivity index (χ3v) is 7.51. The lowest BCUT2D eigenvalue weighted by Gasteiger charge is -2.41. The summed E-state index contributed by atoms with van der Waals surface area (Å²) in [6, 6.07) is 3.66. The highest BCUT2D eigenvalue weighted by Crippen LogP contribution is 2.35. The Morgan fingerprint density at radius 2 is 1.69 bits per heavy atom. The van der Waals surface area contributed by atoms with Gasteiger partial charge in [0.05, 0.1) is 17.0 Å². The fraction of sp³-hybridized carbons (Fsp3) is 0.692. The van der Waals surface area contributed by atoms with Crippen LogP contribution in [0.1, 0.15) is 77.8 Å². The van der Waals surface area contributed by atoms with Gasteiger partial charge in [-0.25, -0.2) is 0 Å². The summed E-state index contributed by atoms with van der Waals surface area (Å²) in [6.07, 6.45) is 3.44. The van der Waals surface area contributed by atoms with Crippen LogP contribution >= 0.6 is 0 Å². The third-order valence-electron chi connectivity index (χ3n) is 7.51. The van der Waals surface area contributed by atoms with Gasteiger partial charge in [-0.2, -0.15) is 5.10 Å². The number of amides is 3. The molecule has 3 fully saturated rings. The first-order chi connectivity index (χ1) is 16.9. The van der Waals surface area contributed by atoms with Crippen molar-refractivity contribution >= 4 is 29.5 Å². The van der Waals surface area contributed by atoms with Crippen LogP contribution in [0.4, 0.5) is 5.82 Å². The molecule has 1 N–H and O–H groups in total. The molecule has 3 amide bonds. The Kier molecular flexibility index (Phi) is 7.33. The monoisotopic (exact) mass is 499 g/mol. The molecule has 10 heteroatoms. The second kappa shape index (κ2) is 10.1. The van der Waals surface area contributed by atoms with Gasteiger partial charge in [0, 0.05) is 38.5 Å². The number of piperidine rings is 3. The van der Waals surface area contributed by atoms with Crippen LogP contribution in [0.5, 0.6) is 0 Å². The largest absolute Gasteiger partial charge is 0.460 e. The predicted octanol–water partition coefficient (Wildman–Crippen LogP) is 2.18. The first-order valence-electron chi connectivity index (χ1n) is 12.9. The number of aromatic nitrogens is 2. The average Bonchev–Trinajstić information content (AvgIpc) is 2.83. The van der Waals surface area contributed by atoms with Gasteiger partial charge in [-0.3, -0.25) is 24.5 Å². The van der Waals surface area contributed by atoms with E-state index < -0.39 is 16.9 Å². The molecule has 1 aromatic heterocycles. The van der Waals surface area contributed by atoms with Crippen LogP contribution in [0, 0.1) is 11.3 Å². The number of likely N-dealkylation sites (tertiary alicyclic amines) is 1. The smallest absolute Gasteiger partial charge is 0.312 e. The van der Waals surface area contributed by atoms with Crippen LogP contribution in [0.3, 0.4) is 0 Å². The molecule has 196 valence electrons. The molecular formula is C26H37N5O5. The topological polar surface area (TPSA) is 122 Å². The number of ether oxygens (including phenoxy) is 1. The fourth-order valence-corrected chi connectivity index (χ4v) is 5.11. The molecule has 1 unspecified atom stereocenters. The van der Waals surface area contributed by atoms with Crippen molar-refractivity contribution < 1.29 is 23.9 Å². The molecule has 3 aliphatic rings. The van der Waals surface area contributed by atoms with E-state index in [0.717, 1.165) is 18.7 Å². The van der Waals surface area contributed by atoms with Crippen LogP contribution in [0.15, 0.2) is 12.1 Å². The number of carbonyl (C=O) groups excluding carboxylic acids is 4. The van der Waals surface area contributed by atoms with Crippen LogP contribution in [0.2, 0.25) is 0 Å². The van der Waals surface area contributed by atoms with Crippen molar-refractivity contribution in [3.63, 3.8) is 0 Å². The zero-order chi connectivity index (χ0) is 26.1. The molecule has 0 spiro atoms. The summed E-state index contributed by atoms with van der Waals surface area (Å²) in [5.41, 5.74) is -0.500. The normalized spacial score (nSPS) is 23.3. The van der Waals surface area contributed by atoms with E-state index in [4.69, 9.17) is 4.74 Å². The van der Waals surface area contributed by atoms with Gasteiger partial charge in [-0.15, -0.1) is 5.10 Å². The Balaban J connectivity index is 1.26. The summed E-state index contributed by atoms with van der Waals surface area (Å²) in [6.45, 7) is 10.1.